The lowest BCUT2D eigenvalue weighted by atomic mass is 10.1. The minimum absolute atomic E-state index is 0.0200. The molecule has 6 nitrogen and oxygen atoms in total. The van der Waals surface area contributed by atoms with E-state index >= 15 is 0 Å². The van der Waals surface area contributed by atoms with E-state index in [9.17, 15) is 4.79 Å². The van der Waals surface area contributed by atoms with Crippen LogP contribution >= 0.6 is 0 Å². The van der Waals surface area contributed by atoms with Crippen molar-refractivity contribution >= 4 is 11.7 Å². The molecule has 28 heavy (non-hydrogen) atoms. The van der Waals surface area contributed by atoms with Crippen molar-refractivity contribution < 1.29 is 14.6 Å². The van der Waals surface area contributed by atoms with Crippen LogP contribution in [0.1, 0.15) is 5.56 Å². The molecule has 1 atom stereocenters. The van der Waals surface area contributed by atoms with Crippen LogP contribution in [0.15, 0.2) is 72.9 Å². The summed E-state index contributed by atoms with van der Waals surface area (Å²) in [6, 6.07) is 20.2. The van der Waals surface area contributed by atoms with Gasteiger partial charge in [-0.05, 0) is 41.8 Å². The third-order valence-electron chi connectivity index (χ3n) is 4.20. The molecule has 4 N–H and O–H groups in total. The first-order valence-corrected chi connectivity index (χ1v) is 9.06. The van der Waals surface area contributed by atoms with E-state index in [1.165, 1.54) is 0 Å². The SMILES string of the molecule is NC(Cc1ccccc1)C(=O)Nc1ccc(-c2ccc(OCCO)cc2)cn1. The number of nitrogens with zero attached hydrogens (tertiary/aromatic N) is 1. The lowest BCUT2D eigenvalue weighted by Gasteiger charge is -2.12. The van der Waals surface area contributed by atoms with E-state index in [0.717, 1.165) is 16.7 Å². The van der Waals surface area contributed by atoms with Crippen molar-refractivity contribution in [1.29, 1.82) is 0 Å². The van der Waals surface area contributed by atoms with Gasteiger partial charge in [-0.1, -0.05) is 42.5 Å². The minimum atomic E-state index is -0.643. The van der Waals surface area contributed by atoms with Crippen molar-refractivity contribution in [3.05, 3.63) is 78.5 Å². The van der Waals surface area contributed by atoms with Crippen LogP contribution in [0.3, 0.4) is 0 Å². The molecule has 0 aliphatic rings. The number of nitrogens with one attached hydrogen (secondary N) is 1. The number of aromatic nitrogens is 1. The zero-order valence-corrected chi connectivity index (χ0v) is 15.4. The monoisotopic (exact) mass is 377 g/mol. The Morgan fingerprint density at radius 2 is 1.75 bits per heavy atom. The molecule has 2 aromatic carbocycles. The van der Waals surface area contributed by atoms with E-state index in [-0.39, 0.29) is 19.1 Å². The average molecular weight is 377 g/mol. The lowest BCUT2D eigenvalue weighted by Crippen LogP contribution is -2.37. The molecule has 0 aliphatic heterocycles. The van der Waals surface area contributed by atoms with Crippen LogP contribution in [0.5, 0.6) is 5.75 Å². The number of nitrogens with two attached hydrogens (primary N) is 1. The summed E-state index contributed by atoms with van der Waals surface area (Å²) < 4.78 is 5.35. The first-order valence-electron chi connectivity index (χ1n) is 9.06. The summed E-state index contributed by atoms with van der Waals surface area (Å²) in [6.07, 6.45) is 2.16. The van der Waals surface area contributed by atoms with Crippen molar-refractivity contribution in [1.82, 2.24) is 4.98 Å². The molecule has 0 aliphatic carbocycles. The third kappa shape index (κ3) is 5.39. The predicted molar refractivity (Wildman–Crippen MR) is 109 cm³/mol. The maximum absolute atomic E-state index is 12.3. The molecule has 1 aromatic heterocycles. The molecule has 0 bridgehead atoms. The second-order valence-corrected chi connectivity index (χ2v) is 6.31. The number of pyridine rings is 1. The number of amides is 1. The molecule has 0 radical (unpaired) electrons. The van der Waals surface area contributed by atoms with Crippen molar-refractivity contribution in [3.63, 3.8) is 0 Å². The molecule has 0 fully saturated rings. The molecule has 3 aromatic rings. The standard InChI is InChI=1S/C22H23N3O3/c23-20(14-16-4-2-1-3-5-16)22(27)25-21-11-8-18(15-24-21)17-6-9-19(10-7-17)28-13-12-26/h1-11,15,20,26H,12-14,23H2,(H,24,25,27). The molecular formula is C22H23N3O3. The van der Waals surface area contributed by atoms with Gasteiger partial charge in [-0.2, -0.15) is 0 Å². The van der Waals surface area contributed by atoms with Gasteiger partial charge in [0.25, 0.3) is 0 Å². The summed E-state index contributed by atoms with van der Waals surface area (Å²) >= 11 is 0. The number of hydrogen-bond acceptors (Lipinski definition) is 5. The van der Waals surface area contributed by atoms with Crippen molar-refractivity contribution in [3.8, 4) is 16.9 Å². The molecule has 0 saturated heterocycles. The molecule has 6 heteroatoms. The van der Waals surface area contributed by atoms with Crippen LogP contribution in [-0.2, 0) is 11.2 Å². The molecule has 0 saturated carbocycles. The van der Waals surface area contributed by atoms with Crippen LogP contribution in [-0.4, -0.2) is 35.3 Å². The molecule has 1 amide bonds. The Bertz CT molecular complexity index is 881. The van der Waals surface area contributed by atoms with Gasteiger partial charge in [-0.15, -0.1) is 0 Å². The number of carbonyl (C=O) groups excluding carboxylic acids is 1. The van der Waals surface area contributed by atoms with Gasteiger partial charge in [0.2, 0.25) is 5.91 Å². The van der Waals surface area contributed by atoms with Crippen molar-refractivity contribution in [2.24, 2.45) is 5.73 Å². The van der Waals surface area contributed by atoms with E-state index in [4.69, 9.17) is 15.6 Å². The molecular weight excluding hydrogens is 354 g/mol. The lowest BCUT2D eigenvalue weighted by molar-refractivity contribution is -0.117. The summed E-state index contributed by atoms with van der Waals surface area (Å²) in [6.45, 7) is 0.246. The summed E-state index contributed by atoms with van der Waals surface area (Å²) in [7, 11) is 0. The van der Waals surface area contributed by atoms with Crippen molar-refractivity contribution in [2.75, 3.05) is 18.5 Å². The van der Waals surface area contributed by atoms with E-state index < -0.39 is 6.04 Å². The third-order valence-corrected chi connectivity index (χ3v) is 4.20. The van der Waals surface area contributed by atoms with Gasteiger partial charge in [0.1, 0.15) is 18.2 Å². The minimum Gasteiger partial charge on any atom is -0.491 e. The van der Waals surface area contributed by atoms with Crippen LogP contribution in [0.4, 0.5) is 5.82 Å². The highest BCUT2D eigenvalue weighted by Crippen LogP contribution is 2.22. The summed E-state index contributed by atoms with van der Waals surface area (Å²) in [4.78, 5) is 16.6. The molecule has 144 valence electrons. The highest BCUT2D eigenvalue weighted by Gasteiger charge is 2.14. The number of anilines is 1. The fourth-order valence-corrected chi connectivity index (χ4v) is 2.73. The predicted octanol–water partition coefficient (Wildman–Crippen LogP) is 2.63. The van der Waals surface area contributed by atoms with E-state index in [1.807, 2.05) is 60.7 Å². The van der Waals surface area contributed by atoms with Gasteiger partial charge in [-0.3, -0.25) is 4.79 Å². The Morgan fingerprint density at radius 3 is 2.39 bits per heavy atom. The Balaban J connectivity index is 1.58. The van der Waals surface area contributed by atoms with Gasteiger partial charge in [0, 0.05) is 11.8 Å². The van der Waals surface area contributed by atoms with Gasteiger partial charge in [0.05, 0.1) is 12.6 Å². The van der Waals surface area contributed by atoms with E-state index in [1.54, 1.807) is 12.3 Å². The Kier molecular flexibility index (Phi) is 6.73. The second-order valence-electron chi connectivity index (χ2n) is 6.31. The van der Waals surface area contributed by atoms with Gasteiger partial charge in [0.15, 0.2) is 0 Å². The summed E-state index contributed by atoms with van der Waals surface area (Å²) in [5.74, 6) is 0.886. The maximum atomic E-state index is 12.3. The first-order chi connectivity index (χ1) is 13.7. The molecule has 1 unspecified atom stereocenters. The first kappa shape index (κ1) is 19.5. The second kappa shape index (κ2) is 9.64. The Morgan fingerprint density at radius 1 is 1.04 bits per heavy atom. The Hall–Kier alpha value is -3.22. The fourth-order valence-electron chi connectivity index (χ4n) is 2.73. The zero-order chi connectivity index (χ0) is 19.8. The van der Waals surface area contributed by atoms with Crippen LogP contribution in [0.2, 0.25) is 0 Å². The van der Waals surface area contributed by atoms with Crippen molar-refractivity contribution in [2.45, 2.75) is 12.5 Å². The fraction of sp³-hybridized carbons (Fsp3) is 0.182. The number of aliphatic hydroxyl groups is 1. The highest BCUT2D eigenvalue weighted by molar-refractivity contribution is 5.94. The Labute approximate surface area is 164 Å². The average Bonchev–Trinajstić information content (AvgIpc) is 2.74. The zero-order valence-electron chi connectivity index (χ0n) is 15.4. The smallest absolute Gasteiger partial charge is 0.242 e. The topological polar surface area (TPSA) is 97.5 Å². The number of aliphatic hydroxyl groups excluding tert-OH is 1. The largest absolute Gasteiger partial charge is 0.491 e. The summed E-state index contributed by atoms with van der Waals surface area (Å²) in [5, 5.41) is 11.5. The number of hydrogen-bond donors (Lipinski definition) is 3. The normalized spacial score (nSPS) is 11.6. The van der Waals surface area contributed by atoms with Crippen LogP contribution in [0, 0.1) is 0 Å². The van der Waals surface area contributed by atoms with Crippen LogP contribution < -0.4 is 15.8 Å². The number of benzene rings is 2. The quantitative estimate of drug-likeness (QED) is 0.561. The van der Waals surface area contributed by atoms with Gasteiger partial charge >= 0.3 is 0 Å². The van der Waals surface area contributed by atoms with Crippen LogP contribution in [0.25, 0.3) is 11.1 Å². The number of carbonyl (C=O) groups is 1. The molecule has 3 rings (SSSR count). The molecule has 1 heterocycles. The summed E-state index contributed by atoms with van der Waals surface area (Å²) in [5.41, 5.74) is 8.90. The van der Waals surface area contributed by atoms with E-state index in [2.05, 4.69) is 10.3 Å². The van der Waals surface area contributed by atoms with Gasteiger partial charge < -0.3 is 20.9 Å². The molecule has 0 spiro atoms. The number of rotatable bonds is 8. The van der Waals surface area contributed by atoms with E-state index in [0.29, 0.717) is 18.0 Å². The van der Waals surface area contributed by atoms with Gasteiger partial charge in [-0.25, -0.2) is 4.98 Å². The maximum Gasteiger partial charge on any atom is 0.242 e. The highest BCUT2D eigenvalue weighted by atomic mass is 16.5. The number of ether oxygens (including phenoxy) is 1.